The summed E-state index contributed by atoms with van der Waals surface area (Å²) in [5.74, 6) is 0.819. The van der Waals surface area contributed by atoms with Gasteiger partial charge >= 0.3 is 0 Å². The first-order valence-corrected chi connectivity index (χ1v) is 8.36. The van der Waals surface area contributed by atoms with Crippen LogP contribution in [0.15, 0.2) is 39.2 Å². The van der Waals surface area contributed by atoms with E-state index < -0.39 is 0 Å². The van der Waals surface area contributed by atoms with Gasteiger partial charge in [0.15, 0.2) is 5.76 Å². The lowest BCUT2D eigenvalue weighted by Crippen LogP contribution is -2.18. The van der Waals surface area contributed by atoms with E-state index in [1.54, 1.807) is 18.2 Å². The summed E-state index contributed by atoms with van der Waals surface area (Å²) in [6.45, 7) is 2.94. The molecular formula is C16H16BrClN2O2. The molecule has 2 aromatic rings. The highest BCUT2D eigenvalue weighted by Crippen LogP contribution is 2.26. The van der Waals surface area contributed by atoms with Crippen molar-refractivity contribution in [3.05, 3.63) is 51.3 Å². The summed E-state index contributed by atoms with van der Waals surface area (Å²) in [6, 6.07) is 8.86. The Labute approximate surface area is 142 Å². The number of nitrogens with zero attached hydrogens (tertiary/aromatic N) is 1. The van der Waals surface area contributed by atoms with Crippen molar-refractivity contribution in [1.29, 1.82) is 0 Å². The Morgan fingerprint density at radius 2 is 2.05 bits per heavy atom. The molecule has 0 spiro atoms. The highest BCUT2D eigenvalue weighted by molar-refractivity contribution is 9.10. The Hall–Kier alpha value is -1.30. The van der Waals surface area contributed by atoms with Gasteiger partial charge in [-0.2, -0.15) is 0 Å². The number of rotatable bonds is 4. The van der Waals surface area contributed by atoms with Crippen LogP contribution < -0.4 is 5.32 Å². The van der Waals surface area contributed by atoms with Gasteiger partial charge in [0.1, 0.15) is 5.76 Å². The Bertz CT molecular complexity index is 681. The van der Waals surface area contributed by atoms with E-state index in [2.05, 4.69) is 26.1 Å². The molecule has 1 saturated heterocycles. The molecule has 2 heterocycles. The number of furan rings is 1. The van der Waals surface area contributed by atoms with Crippen molar-refractivity contribution < 1.29 is 9.21 Å². The van der Waals surface area contributed by atoms with Crippen molar-refractivity contribution in [2.75, 3.05) is 18.4 Å². The van der Waals surface area contributed by atoms with Gasteiger partial charge in [0, 0.05) is 4.47 Å². The summed E-state index contributed by atoms with van der Waals surface area (Å²) in [7, 11) is 0. The molecule has 6 heteroatoms. The molecule has 4 nitrogen and oxygen atoms in total. The van der Waals surface area contributed by atoms with Crippen molar-refractivity contribution in [3.63, 3.8) is 0 Å². The Balaban J connectivity index is 1.65. The van der Waals surface area contributed by atoms with E-state index in [9.17, 15) is 4.79 Å². The van der Waals surface area contributed by atoms with Gasteiger partial charge in [-0.1, -0.05) is 27.5 Å². The van der Waals surface area contributed by atoms with Gasteiger partial charge in [-0.3, -0.25) is 9.69 Å². The molecule has 1 fully saturated rings. The van der Waals surface area contributed by atoms with Crippen LogP contribution in [0.4, 0.5) is 5.69 Å². The maximum absolute atomic E-state index is 12.2. The van der Waals surface area contributed by atoms with Crippen LogP contribution in [0.25, 0.3) is 0 Å². The fourth-order valence-corrected chi connectivity index (χ4v) is 3.24. The standard InChI is InChI=1S/C16H16BrClN2O2/c17-11-3-5-14(13(18)9-11)19-16(21)15-6-4-12(22-15)10-20-7-1-2-8-20/h3-6,9H,1-2,7-8,10H2,(H,19,21). The Morgan fingerprint density at radius 1 is 1.27 bits per heavy atom. The average Bonchev–Trinajstić information content (AvgIpc) is 3.14. The molecule has 1 aliphatic heterocycles. The third kappa shape index (κ3) is 3.72. The zero-order valence-electron chi connectivity index (χ0n) is 11.9. The molecule has 1 aliphatic rings. The summed E-state index contributed by atoms with van der Waals surface area (Å²) in [4.78, 5) is 14.5. The first-order chi connectivity index (χ1) is 10.6. The predicted molar refractivity (Wildman–Crippen MR) is 90.3 cm³/mol. The molecule has 1 aromatic heterocycles. The average molecular weight is 384 g/mol. The summed E-state index contributed by atoms with van der Waals surface area (Å²) >= 11 is 9.43. The van der Waals surface area contributed by atoms with E-state index in [0.29, 0.717) is 16.5 Å². The zero-order valence-corrected chi connectivity index (χ0v) is 14.3. The van der Waals surface area contributed by atoms with Gasteiger partial charge in [-0.05, 0) is 56.3 Å². The number of hydrogen-bond donors (Lipinski definition) is 1. The number of amides is 1. The number of nitrogens with one attached hydrogen (secondary N) is 1. The van der Waals surface area contributed by atoms with Crippen LogP contribution in [0.5, 0.6) is 0 Å². The van der Waals surface area contributed by atoms with Gasteiger partial charge in [0.25, 0.3) is 5.91 Å². The van der Waals surface area contributed by atoms with Crippen LogP contribution in [0.2, 0.25) is 5.02 Å². The van der Waals surface area contributed by atoms with Gasteiger partial charge in [-0.15, -0.1) is 0 Å². The SMILES string of the molecule is O=C(Nc1ccc(Br)cc1Cl)c1ccc(CN2CCCC2)o1. The largest absolute Gasteiger partial charge is 0.455 e. The van der Waals surface area contributed by atoms with Crippen molar-refractivity contribution in [3.8, 4) is 0 Å². The molecule has 0 atom stereocenters. The van der Waals surface area contributed by atoms with Crippen LogP contribution in [-0.2, 0) is 6.54 Å². The van der Waals surface area contributed by atoms with E-state index >= 15 is 0 Å². The van der Waals surface area contributed by atoms with E-state index in [1.807, 2.05) is 12.1 Å². The zero-order chi connectivity index (χ0) is 15.5. The molecule has 0 saturated carbocycles. The third-order valence-corrected chi connectivity index (χ3v) is 4.45. The van der Waals surface area contributed by atoms with Crippen LogP contribution in [0, 0.1) is 0 Å². The smallest absolute Gasteiger partial charge is 0.291 e. The third-order valence-electron chi connectivity index (χ3n) is 3.64. The number of hydrogen-bond acceptors (Lipinski definition) is 3. The minimum atomic E-state index is -0.295. The van der Waals surface area contributed by atoms with Crippen molar-refractivity contribution in [2.45, 2.75) is 19.4 Å². The highest BCUT2D eigenvalue weighted by atomic mass is 79.9. The normalized spacial score (nSPS) is 15.2. The number of carbonyl (C=O) groups is 1. The Morgan fingerprint density at radius 3 is 2.77 bits per heavy atom. The van der Waals surface area contributed by atoms with E-state index in [4.69, 9.17) is 16.0 Å². The lowest BCUT2D eigenvalue weighted by Gasteiger charge is -2.11. The molecule has 1 N–H and O–H groups in total. The number of anilines is 1. The number of carbonyl (C=O) groups excluding carboxylic acids is 1. The topological polar surface area (TPSA) is 45.5 Å². The molecule has 0 bridgehead atoms. The monoisotopic (exact) mass is 382 g/mol. The van der Waals surface area contributed by atoms with Crippen molar-refractivity contribution in [1.82, 2.24) is 4.90 Å². The van der Waals surface area contributed by atoms with Crippen LogP contribution >= 0.6 is 27.5 Å². The van der Waals surface area contributed by atoms with E-state index in [1.165, 1.54) is 12.8 Å². The molecule has 116 valence electrons. The van der Waals surface area contributed by atoms with Crippen LogP contribution in [-0.4, -0.2) is 23.9 Å². The number of halogens is 2. The second-order valence-corrected chi connectivity index (χ2v) is 6.65. The summed E-state index contributed by atoms with van der Waals surface area (Å²) in [5.41, 5.74) is 0.562. The predicted octanol–water partition coefficient (Wildman–Crippen LogP) is 4.54. The maximum atomic E-state index is 12.2. The van der Waals surface area contributed by atoms with Gasteiger partial charge in [-0.25, -0.2) is 0 Å². The molecule has 3 rings (SSSR count). The number of likely N-dealkylation sites (tertiary alicyclic amines) is 1. The molecule has 0 aliphatic carbocycles. The minimum Gasteiger partial charge on any atom is -0.455 e. The molecule has 1 amide bonds. The van der Waals surface area contributed by atoms with Crippen molar-refractivity contribution in [2.24, 2.45) is 0 Å². The lowest BCUT2D eigenvalue weighted by molar-refractivity contribution is 0.0993. The fourth-order valence-electron chi connectivity index (χ4n) is 2.52. The highest BCUT2D eigenvalue weighted by Gasteiger charge is 2.16. The van der Waals surface area contributed by atoms with Gasteiger partial charge in [0.2, 0.25) is 0 Å². The first kappa shape index (κ1) is 15.6. The maximum Gasteiger partial charge on any atom is 0.291 e. The second-order valence-electron chi connectivity index (χ2n) is 5.33. The second kappa shape index (κ2) is 6.86. The molecule has 0 radical (unpaired) electrons. The molecular weight excluding hydrogens is 368 g/mol. The van der Waals surface area contributed by atoms with Crippen molar-refractivity contribution >= 4 is 39.1 Å². The molecule has 22 heavy (non-hydrogen) atoms. The summed E-state index contributed by atoms with van der Waals surface area (Å²) < 4.78 is 6.50. The number of benzene rings is 1. The van der Waals surface area contributed by atoms with Gasteiger partial charge < -0.3 is 9.73 Å². The fraction of sp³-hybridized carbons (Fsp3) is 0.312. The molecule has 0 unspecified atom stereocenters. The first-order valence-electron chi connectivity index (χ1n) is 7.19. The van der Waals surface area contributed by atoms with Crippen LogP contribution in [0.3, 0.4) is 0 Å². The lowest BCUT2D eigenvalue weighted by atomic mass is 10.3. The van der Waals surface area contributed by atoms with E-state index in [-0.39, 0.29) is 5.91 Å². The Kier molecular flexibility index (Phi) is 4.86. The van der Waals surface area contributed by atoms with Crippen LogP contribution in [0.1, 0.15) is 29.2 Å². The summed E-state index contributed by atoms with van der Waals surface area (Å²) in [5, 5.41) is 3.24. The molecule has 1 aromatic carbocycles. The van der Waals surface area contributed by atoms with E-state index in [0.717, 1.165) is 29.9 Å². The minimum absolute atomic E-state index is 0.295. The summed E-state index contributed by atoms with van der Waals surface area (Å²) in [6.07, 6.45) is 2.46. The quantitative estimate of drug-likeness (QED) is 0.843. The van der Waals surface area contributed by atoms with Gasteiger partial charge in [0.05, 0.1) is 17.3 Å².